The van der Waals surface area contributed by atoms with E-state index in [2.05, 4.69) is 10.4 Å². The number of hydrogen-bond acceptors (Lipinski definition) is 3. The minimum atomic E-state index is -4.40. The van der Waals surface area contributed by atoms with E-state index in [1.165, 1.54) is 0 Å². The summed E-state index contributed by atoms with van der Waals surface area (Å²) in [6.07, 6.45) is -0.550. The summed E-state index contributed by atoms with van der Waals surface area (Å²) in [6.45, 7) is -0.296. The molecule has 1 aromatic carbocycles. The van der Waals surface area contributed by atoms with E-state index in [0.717, 1.165) is 18.0 Å². The Balaban J connectivity index is 1.46. The maximum atomic E-state index is 12.4. The number of likely N-dealkylation sites (tertiary alicyclic amines) is 1. The minimum Gasteiger partial charge on any atom is -0.347 e. The molecule has 1 unspecified atom stereocenters. The van der Waals surface area contributed by atoms with Crippen LogP contribution in [0.4, 0.5) is 13.2 Å². The number of carbonyl (C=O) groups excluding carboxylic acids is 2. The molecule has 2 heterocycles. The Kier molecular flexibility index (Phi) is 6.01. The summed E-state index contributed by atoms with van der Waals surface area (Å²) in [5, 5.41) is 6.33. The van der Waals surface area contributed by atoms with Crippen LogP contribution in [-0.2, 0) is 17.8 Å². The van der Waals surface area contributed by atoms with Gasteiger partial charge in [-0.05, 0) is 18.4 Å². The number of nitrogens with zero attached hydrogens (tertiary/aromatic N) is 3. The lowest BCUT2D eigenvalue weighted by molar-refractivity contribution is -0.142. The van der Waals surface area contributed by atoms with Gasteiger partial charge in [-0.1, -0.05) is 30.3 Å². The second-order valence-corrected chi connectivity index (χ2v) is 6.83. The number of aromatic nitrogens is 2. The number of carbonyl (C=O) groups is 2. The molecule has 1 aliphatic rings. The lowest BCUT2D eigenvalue weighted by Crippen LogP contribution is -2.38. The van der Waals surface area contributed by atoms with Gasteiger partial charge >= 0.3 is 6.18 Å². The Labute approximate surface area is 160 Å². The predicted octanol–water partition coefficient (Wildman–Crippen LogP) is 2.41. The van der Waals surface area contributed by atoms with Crippen molar-refractivity contribution < 1.29 is 22.8 Å². The van der Waals surface area contributed by atoms with Gasteiger partial charge in [-0.15, -0.1) is 0 Å². The number of rotatable bonds is 6. The standard InChI is InChI=1S/C19H21F3N4O2/c20-19(21,22)13-26-11-15(10-23-26)18(28)24-16-8-9-25(12-16)17(27)7-6-14-4-2-1-3-5-14/h1-5,10-11,16H,6-9,12-13H2,(H,24,28). The van der Waals surface area contributed by atoms with E-state index >= 15 is 0 Å². The molecule has 1 fully saturated rings. The van der Waals surface area contributed by atoms with E-state index in [4.69, 9.17) is 0 Å². The molecule has 28 heavy (non-hydrogen) atoms. The average Bonchev–Trinajstić information content (AvgIpc) is 3.29. The van der Waals surface area contributed by atoms with Gasteiger partial charge in [-0.2, -0.15) is 18.3 Å². The van der Waals surface area contributed by atoms with Crippen molar-refractivity contribution in [3.63, 3.8) is 0 Å². The van der Waals surface area contributed by atoms with E-state index in [9.17, 15) is 22.8 Å². The van der Waals surface area contributed by atoms with E-state index < -0.39 is 18.6 Å². The van der Waals surface area contributed by atoms with Gasteiger partial charge in [0.2, 0.25) is 5.91 Å². The number of hydrogen-bond donors (Lipinski definition) is 1. The van der Waals surface area contributed by atoms with Crippen LogP contribution in [0.2, 0.25) is 0 Å². The molecule has 0 spiro atoms. The van der Waals surface area contributed by atoms with Gasteiger partial charge in [0.15, 0.2) is 0 Å². The fraction of sp³-hybridized carbons (Fsp3) is 0.421. The first-order valence-electron chi connectivity index (χ1n) is 9.02. The molecular formula is C19H21F3N4O2. The molecular weight excluding hydrogens is 373 g/mol. The van der Waals surface area contributed by atoms with E-state index in [1.807, 2.05) is 30.3 Å². The molecule has 0 radical (unpaired) electrons. The van der Waals surface area contributed by atoms with Crippen molar-refractivity contribution in [1.82, 2.24) is 20.0 Å². The highest BCUT2D eigenvalue weighted by molar-refractivity contribution is 5.94. The molecule has 2 aromatic rings. The van der Waals surface area contributed by atoms with Crippen molar-refractivity contribution in [2.75, 3.05) is 13.1 Å². The molecule has 2 amide bonds. The maximum absolute atomic E-state index is 12.4. The minimum absolute atomic E-state index is 0.0265. The summed E-state index contributed by atoms with van der Waals surface area (Å²) in [5.41, 5.74) is 1.16. The number of aryl methyl sites for hydroxylation is 1. The van der Waals surface area contributed by atoms with Crippen molar-refractivity contribution >= 4 is 11.8 Å². The highest BCUT2D eigenvalue weighted by Gasteiger charge is 2.30. The van der Waals surface area contributed by atoms with Crippen LogP contribution in [0.5, 0.6) is 0 Å². The zero-order valence-corrected chi connectivity index (χ0v) is 15.2. The molecule has 1 saturated heterocycles. The second kappa shape index (κ2) is 8.45. The fourth-order valence-corrected chi connectivity index (χ4v) is 3.18. The number of amides is 2. The smallest absolute Gasteiger partial charge is 0.347 e. The molecule has 150 valence electrons. The molecule has 1 aliphatic heterocycles. The van der Waals surface area contributed by atoms with Crippen LogP contribution < -0.4 is 5.32 Å². The molecule has 1 aromatic heterocycles. The summed E-state index contributed by atoms with van der Waals surface area (Å²) >= 11 is 0. The van der Waals surface area contributed by atoms with Gasteiger partial charge in [0, 0.05) is 31.7 Å². The quantitative estimate of drug-likeness (QED) is 0.818. The molecule has 1 atom stereocenters. The zero-order valence-electron chi connectivity index (χ0n) is 15.2. The second-order valence-electron chi connectivity index (χ2n) is 6.83. The Morgan fingerprint density at radius 2 is 1.96 bits per heavy atom. The SMILES string of the molecule is O=C(NC1CCN(C(=O)CCc2ccccc2)C1)c1cnn(CC(F)(F)F)c1. The van der Waals surface area contributed by atoms with Crippen LogP contribution in [0.3, 0.4) is 0 Å². The first-order chi connectivity index (χ1) is 13.3. The maximum Gasteiger partial charge on any atom is 0.408 e. The molecule has 0 saturated carbocycles. The van der Waals surface area contributed by atoms with Crippen LogP contribution in [-0.4, -0.2) is 51.8 Å². The van der Waals surface area contributed by atoms with E-state index in [1.54, 1.807) is 4.90 Å². The molecule has 0 bridgehead atoms. The van der Waals surface area contributed by atoms with Crippen LogP contribution in [0.25, 0.3) is 0 Å². The van der Waals surface area contributed by atoms with Crippen molar-refractivity contribution in [2.45, 2.75) is 38.0 Å². The summed E-state index contributed by atoms with van der Waals surface area (Å²) < 4.78 is 37.8. The summed E-state index contributed by atoms with van der Waals surface area (Å²) in [4.78, 5) is 26.3. The van der Waals surface area contributed by atoms with Crippen molar-refractivity contribution in [3.8, 4) is 0 Å². The van der Waals surface area contributed by atoms with E-state index in [0.29, 0.717) is 37.0 Å². The van der Waals surface area contributed by atoms with Crippen LogP contribution >= 0.6 is 0 Å². The van der Waals surface area contributed by atoms with Gasteiger partial charge in [-0.25, -0.2) is 0 Å². The average molecular weight is 394 g/mol. The largest absolute Gasteiger partial charge is 0.408 e. The van der Waals surface area contributed by atoms with E-state index in [-0.39, 0.29) is 17.5 Å². The number of alkyl halides is 3. The molecule has 0 aliphatic carbocycles. The van der Waals surface area contributed by atoms with Crippen molar-refractivity contribution in [1.29, 1.82) is 0 Å². The molecule has 6 nitrogen and oxygen atoms in total. The molecule has 3 rings (SSSR count). The molecule has 1 N–H and O–H groups in total. The number of nitrogens with one attached hydrogen (secondary N) is 1. The summed E-state index contributed by atoms with van der Waals surface area (Å²) in [7, 11) is 0. The van der Waals surface area contributed by atoms with Crippen LogP contribution in [0.15, 0.2) is 42.7 Å². The third-order valence-corrected chi connectivity index (χ3v) is 4.58. The molecule has 9 heteroatoms. The Morgan fingerprint density at radius 1 is 1.21 bits per heavy atom. The lowest BCUT2D eigenvalue weighted by atomic mass is 10.1. The summed E-state index contributed by atoms with van der Waals surface area (Å²) in [6, 6.07) is 9.50. The van der Waals surface area contributed by atoms with Gasteiger partial charge in [-0.3, -0.25) is 14.3 Å². The van der Waals surface area contributed by atoms with Gasteiger partial charge in [0.1, 0.15) is 6.54 Å². The highest BCUT2D eigenvalue weighted by atomic mass is 19.4. The zero-order chi connectivity index (χ0) is 20.1. The third kappa shape index (κ3) is 5.58. The highest BCUT2D eigenvalue weighted by Crippen LogP contribution is 2.17. The number of halogens is 3. The first kappa shape index (κ1) is 19.9. The Hall–Kier alpha value is -2.84. The first-order valence-corrected chi connectivity index (χ1v) is 9.02. The van der Waals surface area contributed by atoms with Gasteiger partial charge in [0.05, 0.1) is 11.8 Å². The lowest BCUT2D eigenvalue weighted by Gasteiger charge is -2.17. The van der Waals surface area contributed by atoms with Gasteiger partial charge < -0.3 is 10.2 Å². The van der Waals surface area contributed by atoms with Crippen molar-refractivity contribution in [2.24, 2.45) is 0 Å². The Bertz CT molecular complexity index is 820. The monoisotopic (exact) mass is 394 g/mol. The normalized spacial score (nSPS) is 17.0. The third-order valence-electron chi connectivity index (χ3n) is 4.58. The summed E-state index contributed by atoms with van der Waals surface area (Å²) in [5.74, 6) is -0.462. The van der Waals surface area contributed by atoms with Crippen LogP contribution in [0.1, 0.15) is 28.8 Å². The topological polar surface area (TPSA) is 67.2 Å². The number of benzene rings is 1. The Morgan fingerprint density at radius 3 is 2.68 bits per heavy atom. The fourth-order valence-electron chi connectivity index (χ4n) is 3.18. The van der Waals surface area contributed by atoms with Crippen LogP contribution in [0, 0.1) is 0 Å². The van der Waals surface area contributed by atoms with Gasteiger partial charge in [0.25, 0.3) is 5.91 Å². The predicted molar refractivity (Wildman–Crippen MR) is 95.5 cm³/mol. The van der Waals surface area contributed by atoms with Crippen molar-refractivity contribution in [3.05, 3.63) is 53.9 Å².